The lowest BCUT2D eigenvalue weighted by molar-refractivity contribution is 0.537. The zero-order valence-electron chi connectivity index (χ0n) is 17.1. The van der Waals surface area contributed by atoms with Gasteiger partial charge in [-0.05, 0) is 48.0 Å². The maximum Gasteiger partial charge on any atom is 0.340 e. The number of thioether (sulfide) groups is 1. The van der Waals surface area contributed by atoms with Crippen LogP contribution >= 0.6 is 11.8 Å². The highest BCUT2D eigenvalue weighted by Crippen LogP contribution is 2.28. The first kappa shape index (κ1) is 22.1. The van der Waals surface area contributed by atoms with Gasteiger partial charge in [-0.15, -0.1) is 5.10 Å². The van der Waals surface area contributed by atoms with Crippen LogP contribution in [0.15, 0.2) is 50.7 Å². The Morgan fingerprint density at radius 2 is 2.12 bits per heavy atom. The van der Waals surface area contributed by atoms with Crippen LogP contribution in [0.1, 0.15) is 16.7 Å². The fourth-order valence-electron chi connectivity index (χ4n) is 3.20. The number of nitrogens with one attached hydrogen (secondary N) is 3. The van der Waals surface area contributed by atoms with Crippen LogP contribution in [0.4, 0.5) is 10.1 Å². The van der Waals surface area contributed by atoms with Gasteiger partial charge in [0.05, 0.1) is 11.6 Å². The van der Waals surface area contributed by atoms with Crippen molar-refractivity contribution < 1.29 is 22.0 Å². The summed E-state index contributed by atoms with van der Waals surface area (Å²) in [6, 6.07) is 9.38. The van der Waals surface area contributed by atoms with Crippen molar-refractivity contribution in [2.24, 2.45) is 5.10 Å². The number of nitrogens with zero attached hydrogens (tertiary/aromatic N) is 1. The molecule has 0 saturated heterocycles. The van der Waals surface area contributed by atoms with E-state index in [0.717, 1.165) is 0 Å². The molecule has 2 heterocycles. The molecular weight excluding hydrogens is 459 g/mol. The van der Waals surface area contributed by atoms with Crippen LogP contribution in [-0.2, 0) is 16.6 Å². The molecule has 0 spiro atoms. The number of anilines is 1. The van der Waals surface area contributed by atoms with Crippen molar-refractivity contribution in [1.82, 2.24) is 10.1 Å². The van der Waals surface area contributed by atoms with Gasteiger partial charge in [-0.25, -0.2) is 13.9 Å². The molecule has 0 unspecified atom stereocenters. The monoisotopic (exact) mass is 478 g/mol. The van der Waals surface area contributed by atoms with E-state index in [1.807, 2.05) is 0 Å². The van der Waals surface area contributed by atoms with E-state index in [0.29, 0.717) is 33.4 Å². The minimum Gasteiger partial charge on any atom is -0.433 e. The minimum absolute atomic E-state index is 0.0670. The zero-order valence-corrected chi connectivity index (χ0v) is 18.7. The van der Waals surface area contributed by atoms with E-state index in [1.54, 1.807) is 25.1 Å². The molecule has 3 aromatic rings. The highest BCUT2D eigenvalue weighted by molar-refractivity contribution is 8.13. The predicted molar refractivity (Wildman–Crippen MR) is 122 cm³/mol. The van der Waals surface area contributed by atoms with Gasteiger partial charge in [0.25, 0.3) is 15.4 Å². The normalized spacial score (nSPS) is 13.7. The van der Waals surface area contributed by atoms with Crippen molar-refractivity contribution >= 4 is 43.9 Å². The second-order valence-electron chi connectivity index (χ2n) is 6.84. The molecule has 0 atom stereocenters. The maximum absolute atomic E-state index is 14.9. The number of hydrogen-bond acceptors (Lipinski definition) is 8. The van der Waals surface area contributed by atoms with Crippen LogP contribution in [0.2, 0.25) is 0 Å². The van der Waals surface area contributed by atoms with E-state index in [4.69, 9.17) is 9.15 Å². The van der Waals surface area contributed by atoms with Crippen molar-refractivity contribution in [3.05, 3.63) is 69.3 Å². The van der Waals surface area contributed by atoms with Crippen LogP contribution in [0.5, 0.6) is 5.75 Å². The fraction of sp³-hybridized carbons (Fsp3) is 0.200. The van der Waals surface area contributed by atoms with Gasteiger partial charge in [-0.1, -0.05) is 12.1 Å². The summed E-state index contributed by atoms with van der Waals surface area (Å²) in [5.74, 6) is 0.324. The van der Waals surface area contributed by atoms with Crippen LogP contribution in [0.25, 0.3) is 11.0 Å². The summed E-state index contributed by atoms with van der Waals surface area (Å²) in [4.78, 5) is 12.7. The SMILES string of the molecule is CNS(=O)(=O)Nc1cccc(Cc2c(C)c3ccc(OC4=NNCS4)cc3oc2=O)c1F. The molecule has 0 radical (unpaired) electrons. The number of rotatable bonds is 6. The molecule has 1 aliphatic heterocycles. The summed E-state index contributed by atoms with van der Waals surface area (Å²) in [6.07, 6.45) is -0.0670. The highest BCUT2D eigenvalue weighted by Gasteiger charge is 2.18. The molecule has 0 bridgehead atoms. The summed E-state index contributed by atoms with van der Waals surface area (Å²) in [6.45, 7) is 1.75. The fourth-order valence-corrected chi connectivity index (χ4v) is 4.29. The molecule has 0 saturated carbocycles. The van der Waals surface area contributed by atoms with Crippen molar-refractivity contribution in [2.45, 2.75) is 13.3 Å². The van der Waals surface area contributed by atoms with Crippen molar-refractivity contribution in [3.63, 3.8) is 0 Å². The van der Waals surface area contributed by atoms with Gasteiger partial charge in [0.15, 0.2) is 5.82 Å². The second kappa shape index (κ2) is 8.81. The van der Waals surface area contributed by atoms with Crippen LogP contribution < -0.4 is 25.2 Å². The largest absolute Gasteiger partial charge is 0.433 e. The second-order valence-corrected chi connectivity index (χ2v) is 9.39. The lowest BCUT2D eigenvalue weighted by Gasteiger charge is -2.12. The maximum atomic E-state index is 14.9. The van der Waals surface area contributed by atoms with Gasteiger partial charge in [0.2, 0.25) is 0 Å². The summed E-state index contributed by atoms with van der Waals surface area (Å²) in [7, 11) is -2.68. The minimum atomic E-state index is -3.89. The van der Waals surface area contributed by atoms with Gasteiger partial charge in [-0.3, -0.25) is 10.1 Å². The van der Waals surface area contributed by atoms with Crippen LogP contribution in [0, 0.1) is 12.7 Å². The van der Waals surface area contributed by atoms with Crippen LogP contribution in [0.3, 0.4) is 0 Å². The van der Waals surface area contributed by atoms with E-state index in [1.165, 1.54) is 37.0 Å². The summed E-state index contributed by atoms with van der Waals surface area (Å²) in [5, 5.41) is 5.12. The number of halogens is 1. The Kier molecular flexibility index (Phi) is 6.09. The molecule has 0 amide bonds. The molecule has 0 fully saturated rings. The summed E-state index contributed by atoms with van der Waals surface area (Å²) >= 11 is 1.40. The zero-order chi connectivity index (χ0) is 22.9. The Hall–Kier alpha value is -3.09. The molecule has 32 heavy (non-hydrogen) atoms. The number of hydrazone groups is 1. The smallest absolute Gasteiger partial charge is 0.340 e. The van der Waals surface area contributed by atoms with Crippen molar-refractivity contribution in [2.75, 3.05) is 17.6 Å². The van der Waals surface area contributed by atoms with E-state index in [9.17, 15) is 17.6 Å². The van der Waals surface area contributed by atoms with Crippen molar-refractivity contribution in [1.29, 1.82) is 0 Å². The van der Waals surface area contributed by atoms with Gasteiger partial charge >= 0.3 is 5.63 Å². The van der Waals surface area contributed by atoms with E-state index in [2.05, 4.69) is 20.0 Å². The lowest BCUT2D eigenvalue weighted by atomic mass is 9.99. The topological polar surface area (TPSA) is 122 Å². The highest BCUT2D eigenvalue weighted by atomic mass is 32.2. The molecule has 3 N–H and O–H groups in total. The molecule has 2 aromatic carbocycles. The number of aryl methyl sites for hydroxylation is 1. The molecule has 12 heteroatoms. The summed E-state index contributed by atoms with van der Waals surface area (Å²) in [5.41, 5.74) is 3.36. The molecule has 1 aliphatic rings. The number of fused-ring (bicyclic) bond motifs is 1. The molecular formula is C20H19FN4O5S2. The van der Waals surface area contributed by atoms with Gasteiger partial charge in [0, 0.05) is 30.5 Å². The van der Waals surface area contributed by atoms with Gasteiger partial charge in [-0.2, -0.15) is 8.42 Å². The van der Waals surface area contributed by atoms with E-state index >= 15 is 0 Å². The van der Waals surface area contributed by atoms with Crippen LogP contribution in [-0.4, -0.2) is 26.6 Å². The Labute approximate surface area is 187 Å². The third kappa shape index (κ3) is 4.56. The first-order valence-electron chi connectivity index (χ1n) is 9.43. The lowest BCUT2D eigenvalue weighted by Crippen LogP contribution is -2.27. The number of hydrogen-bond donors (Lipinski definition) is 3. The third-order valence-corrected chi connectivity index (χ3v) is 6.57. The van der Waals surface area contributed by atoms with Crippen molar-refractivity contribution in [3.8, 4) is 5.75 Å². The Morgan fingerprint density at radius 3 is 2.84 bits per heavy atom. The summed E-state index contributed by atoms with van der Waals surface area (Å²) < 4.78 is 53.6. The molecule has 9 nitrogen and oxygen atoms in total. The first-order chi connectivity index (χ1) is 15.3. The van der Waals surface area contributed by atoms with E-state index in [-0.39, 0.29) is 23.2 Å². The van der Waals surface area contributed by atoms with Gasteiger partial charge < -0.3 is 9.15 Å². The number of benzene rings is 2. The standard InChI is InChI=1S/C20H19FN4O5S2/c1-11-14-7-6-13(29-20-24-23-10-31-20)9-17(14)30-19(26)15(11)8-12-4-3-5-16(18(12)21)25-32(27,28)22-2/h3-7,9,22-23,25H,8,10H2,1-2H3. The third-order valence-electron chi connectivity index (χ3n) is 4.85. The molecule has 1 aromatic heterocycles. The average molecular weight is 479 g/mol. The van der Waals surface area contributed by atoms with Gasteiger partial charge in [0.1, 0.15) is 11.3 Å². The average Bonchev–Trinajstić information content (AvgIpc) is 3.26. The van der Waals surface area contributed by atoms with E-state index < -0.39 is 21.7 Å². The Morgan fingerprint density at radius 1 is 1.31 bits per heavy atom. The molecule has 4 rings (SSSR count). The Bertz CT molecular complexity index is 1390. The molecule has 168 valence electrons. The number of ether oxygens (including phenoxy) is 1. The predicted octanol–water partition coefficient (Wildman–Crippen LogP) is 2.65. The Balaban J connectivity index is 1.67. The first-order valence-corrected chi connectivity index (χ1v) is 11.9. The quantitative estimate of drug-likeness (QED) is 0.466. The molecule has 0 aliphatic carbocycles.